The molecule has 0 saturated carbocycles. The molecule has 2 rings (SSSR count). The predicted octanol–water partition coefficient (Wildman–Crippen LogP) is 0.426. The van der Waals surface area contributed by atoms with Gasteiger partial charge in [-0.2, -0.15) is 5.26 Å². The fraction of sp³-hybridized carbons (Fsp3) is 0.412. The van der Waals surface area contributed by atoms with Crippen LogP contribution in [0.2, 0.25) is 0 Å². The highest BCUT2D eigenvalue weighted by molar-refractivity contribution is 5.97. The zero-order valence-electron chi connectivity index (χ0n) is 14.2. The Morgan fingerprint density at radius 1 is 1.31 bits per heavy atom. The highest BCUT2D eigenvalue weighted by Gasteiger charge is 2.23. The van der Waals surface area contributed by atoms with E-state index in [1.807, 2.05) is 6.07 Å². The number of nitrogens with zero attached hydrogens (tertiary/aromatic N) is 3. The molecule has 9 heteroatoms. The van der Waals surface area contributed by atoms with Gasteiger partial charge >= 0.3 is 5.97 Å². The first-order valence-electron chi connectivity index (χ1n) is 8.20. The van der Waals surface area contributed by atoms with Crippen molar-refractivity contribution >= 4 is 17.8 Å². The highest BCUT2D eigenvalue weighted by atomic mass is 16.4. The van der Waals surface area contributed by atoms with Crippen LogP contribution < -0.4 is 5.32 Å². The van der Waals surface area contributed by atoms with Crippen molar-refractivity contribution in [1.29, 1.82) is 5.26 Å². The Bertz CT molecular complexity index is 712. The number of amides is 2. The van der Waals surface area contributed by atoms with Crippen LogP contribution in [-0.2, 0) is 9.59 Å². The molecule has 1 aliphatic heterocycles. The topological polar surface area (TPSA) is 127 Å². The summed E-state index contributed by atoms with van der Waals surface area (Å²) in [6, 6.07) is 5.11. The van der Waals surface area contributed by atoms with E-state index >= 15 is 0 Å². The molecule has 0 atom stereocenters. The van der Waals surface area contributed by atoms with E-state index in [0.717, 1.165) is 0 Å². The standard InChI is InChI=1S/C17H20N4O5/c18-11-13(16(24)19-5-1-4-15(22)23)12-20-6-8-21(9-7-20)17(25)14-3-2-10-26-14/h2-3,10,12H,1,4-9H2,(H,19,24)(H,22,23)/b13-12-. The molecule has 0 unspecified atom stereocenters. The molecule has 0 spiro atoms. The van der Waals surface area contributed by atoms with Crippen LogP contribution in [-0.4, -0.2) is 65.4 Å². The van der Waals surface area contributed by atoms with Crippen molar-refractivity contribution < 1.29 is 23.9 Å². The van der Waals surface area contributed by atoms with Crippen LogP contribution in [0.25, 0.3) is 0 Å². The zero-order valence-corrected chi connectivity index (χ0v) is 14.2. The first-order valence-corrected chi connectivity index (χ1v) is 8.20. The summed E-state index contributed by atoms with van der Waals surface area (Å²) in [4.78, 5) is 38.0. The summed E-state index contributed by atoms with van der Waals surface area (Å²) in [6.45, 7) is 2.08. The van der Waals surface area contributed by atoms with Crippen LogP contribution in [0.15, 0.2) is 34.6 Å². The Hall–Kier alpha value is -3.28. The third-order valence-electron chi connectivity index (χ3n) is 3.86. The SMILES string of the molecule is N#C/C(=C/N1CCN(C(=O)c2ccco2)CC1)C(=O)NCCCC(=O)O. The van der Waals surface area contributed by atoms with E-state index in [4.69, 9.17) is 14.8 Å². The summed E-state index contributed by atoms with van der Waals surface area (Å²) in [6.07, 6.45) is 3.17. The number of nitrogens with one attached hydrogen (secondary N) is 1. The van der Waals surface area contributed by atoms with E-state index in [1.165, 1.54) is 12.5 Å². The number of hydrogen-bond acceptors (Lipinski definition) is 6. The lowest BCUT2D eigenvalue weighted by Gasteiger charge is -2.33. The molecule has 2 N–H and O–H groups in total. The second-order valence-electron chi connectivity index (χ2n) is 5.71. The molecule has 9 nitrogen and oxygen atoms in total. The van der Waals surface area contributed by atoms with Crippen molar-refractivity contribution in [2.45, 2.75) is 12.8 Å². The number of aliphatic carboxylic acids is 1. The van der Waals surface area contributed by atoms with Crippen LogP contribution in [0.1, 0.15) is 23.4 Å². The fourth-order valence-electron chi connectivity index (χ4n) is 2.47. The molecule has 2 amide bonds. The van der Waals surface area contributed by atoms with Gasteiger partial charge in [0.15, 0.2) is 5.76 Å². The number of carboxylic acids is 1. The molecule has 1 saturated heterocycles. The molecule has 138 valence electrons. The first kappa shape index (κ1) is 19.1. The van der Waals surface area contributed by atoms with Crippen molar-refractivity contribution in [3.63, 3.8) is 0 Å². The molecule has 0 aromatic carbocycles. The molecule has 1 aromatic heterocycles. The van der Waals surface area contributed by atoms with Crippen LogP contribution in [0.5, 0.6) is 0 Å². The Kier molecular flexibility index (Phi) is 6.79. The third-order valence-corrected chi connectivity index (χ3v) is 3.86. The first-order chi connectivity index (χ1) is 12.5. The lowest BCUT2D eigenvalue weighted by atomic mass is 10.2. The van der Waals surface area contributed by atoms with Gasteiger partial charge in [-0.3, -0.25) is 14.4 Å². The molecule has 0 radical (unpaired) electrons. The van der Waals surface area contributed by atoms with Gasteiger partial charge in [-0.25, -0.2) is 0 Å². The van der Waals surface area contributed by atoms with E-state index in [2.05, 4.69) is 5.32 Å². The van der Waals surface area contributed by atoms with E-state index < -0.39 is 11.9 Å². The van der Waals surface area contributed by atoms with Gasteiger partial charge in [-0.15, -0.1) is 0 Å². The van der Waals surface area contributed by atoms with Gasteiger partial charge in [0.25, 0.3) is 11.8 Å². The van der Waals surface area contributed by atoms with Gasteiger partial charge in [0.05, 0.1) is 6.26 Å². The van der Waals surface area contributed by atoms with Crippen molar-refractivity contribution in [3.8, 4) is 6.07 Å². The second kappa shape index (κ2) is 9.27. The summed E-state index contributed by atoms with van der Waals surface area (Å²) >= 11 is 0. The largest absolute Gasteiger partial charge is 0.481 e. The van der Waals surface area contributed by atoms with Gasteiger partial charge in [0, 0.05) is 45.3 Å². The quantitative estimate of drug-likeness (QED) is 0.410. The number of carboxylic acid groups (broad SMARTS) is 1. The number of furan rings is 1. The molecular weight excluding hydrogens is 340 g/mol. The van der Waals surface area contributed by atoms with Crippen LogP contribution in [0.4, 0.5) is 0 Å². The van der Waals surface area contributed by atoms with Gasteiger partial charge in [-0.05, 0) is 18.6 Å². The average molecular weight is 360 g/mol. The molecule has 2 heterocycles. The van der Waals surface area contributed by atoms with E-state index in [1.54, 1.807) is 21.9 Å². The summed E-state index contributed by atoms with van der Waals surface area (Å²) in [5.74, 6) is -1.37. The Balaban J connectivity index is 1.83. The normalized spacial score (nSPS) is 14.7. The second-order valence-corrected chi connectivity index (χ2v) is 5.71. The molecule has 1 aliphatic rings. The van der Waals surface area contributed by atoms with Crippen molar-refractivity contribution in [2.75, 3.05) is 32.7 Å². The number of carbonyl (C=O) groups excluding carboxylic acids is 2. The maximum atomic E-state index is 12.2. The molecule has 0 bridgehead atoms. The van der Waals surface area contributed by atoms with E-state index in [0.29, 0.717) is 32.6 Å². The van der Waals surface area contributed by atoms with Gasteiger partial charge in [-0.1, -0.05) is 0 Å². The number of hydrogen-bond donors (Lipinski definition) is 2. The van der Waals surface area contributed by atoms with Crippen molar-refractivity contribution in [2.24, 2.45) is 0 Å². The van der Waals surface area contributed by atoms with E-state index in [-0.39, 0.29) is 30.2 Å². The monoisotopic (exact) mass is 360 g/mol. The van der Waals surface area contributed by atoms with Gasteiger partial charge in [0.1, 0.15) is 11.6 Å². The summed E-state index contributed by atoms with van der Waals surface area (Å²) in [7, 11) is 0. The molecule has 1 aromatic rings. The summed E-state index contributed by atoms with van der Waals surface area (Å²) in [5.41, 5.74) is -0.0499. The Morgan fingerprint density at radius 2 is 2.04 bits per heavy atom. The number of nitriles is 1. The van der Waals surface area contributed by atoms with Crippen LogP contribution in [0, 0.1) is 11.3 Å². The minimum Gasteiger partial charge on any atom is -0.481 e. The lowest BCUT2D eigenvalue weighted by molar-refractivity contribution is -0.137. The number of rotatable bonds is 7. The minimum atomic E-state index is -0.933. The van der Waals surface area contributed by atoms with E-state index in [9.17, 15) is 14.4 Å². The average Bonchev–Trinajstić information content (AvgIpc) is 3.17. The summed E-state index contributed by atoms with van der Waals surface area (Å²) in [5, 5.41) is 20.2. The van der Waals surface area contributed by atoms with Crippen LogP contribution in [0.3, 0.4) is 0 Å². The third kappa shape index (κ3) is 5.37. The Labute approximate surface area is 150 Å². The van der Waals surface area contributed by atoms with Crippen LogP contribution >= 0.6 is 0 Å². The zero-order chi connectivity index (χ0) is 18.9. The minimum absolute atomic E-state index is 0.0441. The fourth-order valence-corrected chi connectivity index (χ4v) is 2.47. The predicted molar refractivity (Wildman–Crippen MR) is 89.8 cm³/mol. The van der Waals surface area contributed by atoms with Crippen molar-refractivity contribution in [1.82, 2.24) is 15.1 Å². The molecule has 26 heavy (non-hydrogen) atoms. The summed E-state index contributed by atoms with van der Waals surface area (Å²) < 4.78 is 5.10. The number of piperazine rings is 1. The Morgan fingerprint density at radius 3 is 2.62 bits per heavy atom. The highest BCUT2D eigenvalue weighted by Crippen LogP contribution is 2.10. The maximum absolute atomic E-state index is 12.2. The molecule has 1 fully saturated rings. The van der Waals surface area contributed by atoms with Gasteiger partial charge in [0.2, 0.25) is 0 Å². The van der Waals surface area contributed by atoms with Crippen molar-refractivity contribution in [3.05, 3.63) is 35.9 Å². The molecule has 0 aliphatic carbocycles. The number of carbonyl (C=O) groups is 3. The molecular formula is C17H20N4O5. The maximum Gasteiger partial charge on any atom is 0.303 e. The lowest BCUT2D eigenvalue weighted by Crippen LogP contribution is -2.47. The smallest absolute Gasteiger partial charge is 0.303 e. The van der Waals surface area contributed by atoms with Gasteiger partial charge < -0.3 is 24.6 Å².